The van der Waals surface area contributed by atoms with Gasteiger partial charge in [0, 0.05) is 0 Å². The molecule has 1 aromatic rings. The molecular weight excluding hydrogens is 352 g/mol. The monoisotopic (exact) mass is 356 g/mol. The predicted octanol–water partition coefficient (Wildman–Crippen LogP) is 5.52. The summed E-state index contributed by atoms with van der Waals surface area (Å²) in [7, 11) is -3.26. The molecule has 0 heterocycles. The molecule has 1 atom stereocenters. The van der Waals surface area contributed by atoms with Gasteiger partial charge in [-0.1, -0.05) is 58.0 Å². The van der Waals surface area contributed by atoms with Crippen molar-refractivity contribution >= 4 is 66.3 Å². The Kier molecular flexibility index (Phi) is 7.93. The summed E-state index contributed by atoms with van der Waals surface area (Å²) in [5, 5.41) is -0.554. The van der Waals surface area contributed by atoms with E-state index in [9.17, 15) is 4.57 Å². The normalized spacial score (nSPS) is 11.4. The van der Waals surface area contributed by atoms with Gasteiger partial charge in [0.2, 0.25) is 0 Å². The summed E-state index contributed by atoms with van der Waals surface area (Å²) in [6, 6.07) is 0. The van der Waals surface area contributed by atoms with Crippen LogP contribution >= 0.6 is 66.3 Å². The molecule has 0 aliphatic heterocycles. The summed E-state index contributed by atoms with van der Waals surface area (Å²) in [6.07, 6.45) is 0. The lowest BCUT2D eigenvalue weighted by molar-refractivity contribution is 0.410. The number of hydrogen-bond acceptors (Lipinski definition) is 2. The van der Waals surface area contributed by atoms with Crippen molar-refractivity contribution in [2.75, 3.05) is 0 Å². The molecule has 0 saturated heterocycles. The summed E-state index contributed by atoms with van der Waals surface area (Å²) in [4.78, 5) is 8.59. The Hall–Kier alpha value is 0.400. The van der Waals surface area contributed by atoms with Gasteiger partial charge in [0.25, 0.3) is 0 Å². The Bertz CT molecular complexity index is 422. The van der Waals surface area contributed by atoms with Crippen LogP contribution in [0.2, 0.25) is 25.1 Å². The first-order valence-electron chi connectivity index (χ1n) is 3.78. The molecule has 96 valence electrons. The zero-order valence-electron chi connectivity index (χ0n) is 8.07. The SMILES string of the molecule is C=C.O=[PH](O)Oc1c(Cl)c(Cl)c(Cl)c(Cl)c1Cl. The molecule has 9 heteroatoms. The number of benzene rings is 1. The minimum absolute atomic E-state index is 0.0432. The van der Waals surface area contributed by atoms with E-state index in [1.807, 2.05) is 0 Å². The van der Waals surface area contributed by atoms with Crippen molar-refractivity contribution in [3.8, 4) is 5.75 Å². The van der Waals surface area contributed by atoms with Gasteiger partial charge in [0.15, 0.2) is 5.75 Å². The molecule has 1 aromatic carbocycles. The van der Waals surface area contributed by atoms with Crippen LogP contribution in [0.5, 0.6) is 5.75 Å². The quantitative estimate of drug-likeness (QED) is 0.328. The largest absolute Gasteiger partial charge is 0.423 e. The molecule has 0 saturated carbocycles. The summed E-state index contributed by atoms with van der Waals surface area (Å²) < 4.78 is 15.0. The highest BCUT2D eigenvalue weighted by molar-refractivity contribution is 7.32. The molecule has 0 radical (unpaired) electrons. The molecule has 1 unspecified atom stereocenters. The average Bonchev–Trinajstić information content (AvgIpc) is 2.32. The van der Waals surface area contributed by atoms with Crippen LogP contribution in [0, 0.1) is 0 Å². The molecular formula is C8H6Cl5O3P. The molecule has 0 spiro atoms. The molecule has 0 aliphatic rings. The molecule has 1 N–H and O–H groups in total. The van der Waals surface area contributed by atoms with Crippen molar-refractivity contribution in [2.45, 2.75) is 0 Å². The average molecular weight is 358 g/mol. The molecule has 0 bridgehead atoms. The van der Waals surface area contributed by atoms with E-state index in [2.05, 4.69) is 17.7 Å². The first kappa shape index (κ1) is 17.4. The third kappa shape index (κ3) is 4.22. The third-order valence-corrected chi connectivity index (χ3v) is 3.98. The molecule has 0 aromatic heterocycles. The highest BCUT2D eigenvalue weighted by atomic mass is 35.5. The molecule has 1 rings (SSSR count). The summed E-state index contributed by atoms with van der Waals surface area (Å²) >= 11 is 28.4. The predicted molar refractivity (Wildman–Crippen MR) is 74.6 cm³/mol. The summed E-state index contributed by atoms with van der Waals surface area (Å²) in [5.74, 6) is -0.260. The smallest absolute Gasteiger partial charge is 0.365 e. The van der Waals surface area contributed by atoms with Crippen LogP contribution in [0.3, 0.4) is 0 Å². The van der Waals surface area contributed by atoms with Gasteiger partial charge in [-0.25, -0.2) is 4.57 Å². The van der Waals surface area contributed by atoms with E-state index >= 15 is 0 Å². The Morgan fingerprint density at radius 2 is 1.18 bits per heavy atom. The van der Waals surface area contributed by atoms with Crippen molar-refractivity contribution in [2.24, 2.45) is 0 Å². The van der Waals surface area contributed by atoms with E-state index in [1.54, 1.807) is 0 Å². The zero-order valence-corrected chi connectivity index (χ0v) is 12.8. The Morgan fingerprint density at radius 1 is 0.882 bits per heavy atom. The fourth-order valence-corrected chi connectivity index (χ4v) is 2.47. The molecule has 17 heavy (non-hydrogen) atoms. The van der Waals surface area contributed by atoms with E-state index in [0.717, 1.165) is 0 Å². The van der Waals surface area contributed by atoms with Crippen LogP contribution in [0.25, 0.3) is 0 Å². The third-order valence-electron chi connectivity index (χ3n) is 1.36. The van der Waals surface area contributed by atoms with Crippen LogP contribution in [-0.4, -0.2) is 4.89 Å². The Morgan fingerprint density at radius 3 is 1.47 bits per heavy atom. The van der Waals surface area contributed by atoms with Crippen LogP contribution in [0.15, 0.2) is 13.2 Å². The van der Waals surface area contributed by atoms with Crippen molar-refractivity contribution in [1.82, 2.24) is 0 Å². The lowest BCUT2D eigenvalue weighted by Gasteiger charge is -2.11. The summed E-state index contributed by atoms with van der Waals surface area (Å²) in [5.41, 5.74) is 0. The Balaban J connectivity index is 0.00000121. The summed E-state index contributed by atoms with van der Waals surface area (Å²) in [6.45, 7) is 6.00. The fraction of sp³-hybridized carbons (Fsp3) is 0. The highest BCUT2D eigenvalue weighted by Crippen LogP contribution is 2.49. The van der Waals surface area contributed by atoms with Gasteiger partial charge in [0.05, 0.1) is 15.1 Å². The second-order valence-corrected chi connectivity index (χ2v) is 4.89. The maximum absolute atomic E-state index is 10.5. The first-order valence-corrected chi connectivity index (χ1v) is 6.93. The van der Waals surface area contributed by atoms with Gasteiger partial charge in [-0.15, -0.1) is 13.2 Å². The molecule has 3 nitrogen and oxygen atoms in total. The number of hydrogen-bond donors (Lipinski definition) is 1. The Labute approximate surface area is 124 Å². The van der Waals surface area contributed by atoms with Crippen LogP contribution in [0.4, 0.5) is 0 Å². The number of halogens is 5. The van der Waals surface area contributed by atoms with Crippen LogP contribution < -0.4 is 4.52 Å². The number of rotatable bonds is 2. The minimum Gasteiger partial charge on any atom is -0.423 e. The topological polar surface area (TPSA) is 46.5 Å². The van der Waals surface area contributed by atoms with E-state index in [4.69, 9.17) is 62.9 Å². The van der Waals surface area contributed by atoms with Crippen molar-refractivity contribution < 1.29 is 14.0 Å². The van der Waals surface area contributed by atoms with E-state index in [-0.39, 0.29) is 30.9 Å². The molecule has 0 fully saturated rings. The first-order chi connectivity index (χ1) is 7.86. The van der Waals surface area contributed by atoms with E-state index < -0.39 is 8.25 Å². The second-order valence-electron chi connectivity index (χ2n) is 2.27. The van der Waals surface area contributed by atoms with Crippen LogP contribution in [0.1, 0.15) is 0 Å². The standard InChI is InChI=1S/C6H2Cl5O3P.C2H4/c7-1-2(8)4(10)6(14-15(12)13)5(11)3(1)9;1-2/h15H,(H,12,13);1-2H2. The van der Waals surface area contributed by atoms with Gasteiger partial charge in [0.1, 0.15) is 10.0 Å². The van der Waals surface area contributed by atoms with Gasteiger partial charge >= 0.3 is 8.25 Å². The van der Waals surface area contributed by atoms with Crippen molar-refractivity contribution in [3.63, 3.8) is 0 Å². The second kappa shape index (κ2) is 7.75. The highest BCUT2D eigenvalue weighted by Gasteiger charge is 2.21. The van der Waals surface area contributed by atoms with Crippen molar-refractivity contribution in [1.29, 1.82) is 0 Å². The van der Waals surface area contributed by atoms with Gasteiger partial charge in [-0.3, -0.25) is 0 Å². The van der Waals surface area contributed by atoms with E-state index in [0.29, 0.717) is 0 Å². The maximum atomic E-state index is 10.5. The van der Waals surface area contributed by atoms with Gasteiger partial charge in [-0.05, 0) is 0 Å². The fourth-order valence-electron chi connectivity index (χ4n) is 0.762. The lowest BCUT2D eigenvalue weighted by atomic mass is 10.3. The maximum Gasteiger partial charge on any atom is 0.365 e. The molecule has 0 amide bonds. The van der Waals surface area contributed by atoms with Gasteiger partial charge in [-0.2, -0.15) is 0 Å². The zero-order chi connectivity index (χ0) is 13.7. The van der Waals surface area contributed by atoms with Crippen molar-refractivity contribution in [3.05, 3.63) is 38.3 Å². The van der Waals surface area contributed by atoms with Gasteiger partial charge < -0.3 is 9.42 Å². The molecule has 0 aliphatic carbocycles. The van der Waals surface area contributed by atoms with Crippen LogP contribution in [-0.2, 0) is 4.57 Å². The lowest BCUT2D eigenvalue weighted by Crippen LogP contribution is -1.87. The van der Waals surface area contributed by atoms with E-state index in [1.165, 1.54) is 0 Å². The minimum atomic E-state index is -3.26.